The molecule has 1 aromatic heterocycles. The smallest absolute Gasteiger partial charge is 0.0646 e. The molecule has 2 nitrogen and oxygen atoms in total. The summed E-state index contributed by atoms with van der Waals surface area (Å²) in [6.45, 7) is 1.54. The molecule has 0 saturated heterocycles. The van der Waals surface area contributed by atoms with Crippen molar-refractivity contribution in [1.29, 1.82) is 0 Å². The van der Waals surface area contributed by atoms with Crippen LogP contribution in [0.4, 0.5) is 0 Å². The first-order chi connectivity index (χ1) is 8.29. The van der Waals surface area contributed by atoms with E-state index in [9.17, 15) is 0 Å². The molecular formula is C14H23NOS. The predicted molar refractivity (Wildman–Crippen MR) is 73.5 cm³/mol. The Morgan fingerprint density at radius 1 is 1.24 bits per heavy atom. The molecule has 0 aliphatic heterocycles. The summed E-state index contributed by atoms with van der Waals surface area (Å²) in [7, 11) is 0. The molecule has 1 fully saturated rings. The van der Waals surface area contributed by atoms with Crippen LogP contribution in [-0.2, 0) is 11.2 Å². The molecule has 2 N–H and O–H groups in total. The van der Waals surface area contributed by atoms with Crippen LogP contribution in [-0.4, -0.2) is 18.8 Å². The first-order valence-electron chi connectivity index (χ1n) is 6.68. The molecule has 0 spiro atoms. The highest BCUT2D eigenvalue weighted by atomic mass is 32.1. The zero-order valence-corrected chi connectivity index (χ0v) is 11.3. The van der Waals surface area contributed by atoms with Gasteiger partial charge in [0, 0.05) is 16.8 Å². The maximum atomic E-state index is 6.40. The van der Waals surface area contributed by atoms with Gasteiger partial charge in [0.2, 0.25) is 0 Å². The van der Waals surface area contributed by atoms with E-state index in [2.05, 4.69) is 17.5 Å². The number of hydrogen-bond donors (Lipinski definition) is 1. The van der Waals surface area contributed by atoms with E-state index in [4.69, 9.17) is 10.5 Å². The van der Waals surface area contributed by atoms with Crippen LogP contribution in [0.2, 0.25) is 0 Å². The van der Waals surface area contributed by atoms with Gasteiger partial charge in [-0.25, -0.2) is 0 Å². The Morgan fingerprint density at radius 2 is 2.00 bits per heavy atom. The second kappa shape index (κ2) is 6.53. The van der Waals surface area contributed by atoms with Crippen LogP contribution in [0.15, 0.2) is 17.5 Å². The van der Waals surface area contributed by atoms with Gasteiger partial charge >= 0.3 is 0 Å². The van der Waals surface area contributed by atoms with Gasteiger partial charge < -0.3 is 10.5 Å². The van der Waals surface area contributed by atoms with Crippen LogP contribution in [0, 0.1) is 0 Å². The van der Waals surface area contributed by atoms with Gasteiger partial charge in [-0.05, 0) is 24.3 Å². The third-order valence-corrected chi connectivity index (χ3v) is 4.50. The Morgan fingerprint density at radius 3 is 2.65 bits per heavy atom. The van der Waals surface area contributed by atoms with Crippen LogP contribution < -0.4 is 5.73 Å². The normalized spacial score (nSPS) is 20.1. The molecular weight excluding hydrogens is 230 g/mol. The molecule has 0 unspecified atom stereocenters. The molecule has 0 radical (unpaired) electrons. The molecule has 3 heteroatoms. The highest BCUT2D eigenvalue weighted by Crippen LogP contribution is 2.25. The number of thiophene rings is 1. The summed E-state index contributed by atoms with van der Waals surface area (Å²) in [4.78, 5) is 1.40. The standard InChI is InChI=1S/C14H23NOS/c15-14(8-3-1-2-4-9-14)12-16-10-7-13-6-5-11-17-13/h5-6,11H,1-4,7-10,12,15H2. The molecule has 0 aromatic carbocycles. The topological polar surface area (TPSA) is 35.2 Å². The van der Waals surface area contributed by atoms with Crippen LogP contribution in [0.1, 0.15) is 43.4 Å². The minimum Gasteiger partial charge on any atom is -0.379 e. The molecule has 1 saturated carbocycles. The number of nitrogens with two attached hydrogens (primary N) is 1. The summed E-state index contributed by atoms with van der Waals surface area (Å²) in [5.74, 6) is 0. The van der Waals surface area contributed by atoms with Crippen molar-refractivity contribution < 1.29 is 4.74 Å². The molecule has 2 rings (SSSR count). The van der Waals surface area contributed by atoms with E-state index < -0.39 is 0 Å². The molecule has 17 heavy (non-hydrogen) atoms. The van der Waals surface area contributed by atoms with E-state index in [1.165, 1.54) is 30.6 Å². The summed E-state index contributed by atoms with van der Waals surface area (Å²) in [6, 6.07) is 4.26. The number of hydrogen-bond acceptors (Lipinski definition) is 3. The Kier molecular flexibility index (Phi) is 5.01. The van der Waals surface area contributed by atoms with Crippen molar-refractivity contribution in [3.63, 3.8) is 0 Å². The molecule has 1 aromatic rings. The van der Waals surface area contributed by atoms with E-state index >= 15 is 0 Å². The quantitative estimate of drug-likeness (QED) is 0.645. The van der Waals surface area contributed by atoms with Crippen LogP contribution in [0.5, 0.6) is 0 Å². The fourth-order valence-electron chi connectivity index (χ4n) is 2.48. The van der Waals surface area contributed by atoms with Crippen molar-refractivity contribution in [2.75, 3.05) is 13.2 Å². The summed E-state index contributed by atoms with van der Waals surface area (Å²) in [6.07, 6.45) is 8.50. The monoisotopic (exact) mass is 253 g/mol. The van der Waals surface area contributed by atoms with E-state index in [-0.39, 0.29) is 5.54 Å². The molecule has 1 aliphatic carbocycles. The molecule has 1 aliphatic rings. The van der Waals surface area contributed by atoms with E-state index in [1.54, 1.807) is 11.3 Å². The third kappa shape index (κ3) is 4.41. The lowest BCUT2D eigenvalue weighted by atomic mass is 9.93. The van der Waals surface area contributed by atoms with E-state index in [1.807, 2.05) is 0 Å². The molecule has 0 atom stereocenters. The average Bonchev–Trinajstić information content (AvgIpc) is 2.74. The zero-order chi connectivity index (χ0) is 12.0. The molecule has 96 valence electrons. The Bertz CT molecular complexity index is 302. The minimum atomic E-state index is -0.0497. The second-order valence-corrected chi connectivity index (χ2v) is 6.19. The van der Waals surface area contributed by atoms with Crippen molar-refractivity contribution in [3.05, 3.63) is 22.4 Å². The van der Waals surface area contributed by atoms with Gasteiger partial charge in [-0.3, -0.25) is 0 Å². The summed E-state index contributed by atoms with van der Waals surface area (Å²) in [5, 5.41) is 2.12. The number of rotatable bonds is 5. The van der Waals surface area contributed by atoms with Gasteiger partial charge in [0.25, 0.3) is 0 Å². The summed E-state index contributed by atoms with van der Waals surface area (Å²) < 4.78 is 5.79. The van der Waals surface area contributed by atoms with E-state index in [0.717, 1.165) is 32.5 Å². The van der Waals surface area contributed by atoms with E-state index in [0.29, 0.717) is 0 Å². The summed E-state index contributed by atoms with van der Waals surface area (Å²) >= 11 is 1.80. The van der Waals surface area contributed by atoms with Gasteiger partial charge in [-0.2, -0.15) is 0 Å². The van der Waals surface area contributed by atoms with Crippen LogP contribution >= 0.6 is 11.3 Å². The SMILES string of the molecule is NC1(COCCc2cccs2)CCCCCC1. The highest BCUT2D eigenvalue weighted by Gasteiger charge is 2.26. The first kappa shape index (κ1) is 13.1. The zero-order valence-electron chi connectivity index (χ0n) is 10.5. The fraction of sp³-hybridized carbons (Fsp3) is 0.714. The van der Waals surface area contributed by atoms with Crippen molar-refractivity contribution in [2.24, 2.45) is 5.73 Å². The van der Waals surface area contributed by atoms with Crippen molar-refractivity contribution >= 4 is 11.3 Å². The lowest BCUT2D eigenvalue weighted by Crippen LogP contribution is -2.44. The number of ether oxygens (including phenoxy) is 1. The van der Waals surface area contributed by atoms with Gasteiger partial charge in [-0.1, -0.05) is 31.7 Å². The van der Waals surface area contributed by atoms with Crippen LogP contribution in [0.25, 0.3) is 0 Å². The fourth-order valence-corrected chi connectivity index (χ4v) is 3.17. The predicted octanol–water partition coefficient (Wildman–Crippen LogP) is 3.36. The molecule has 0 bridgehead atoms. The van der Waals surface area contributed by atoms with Crippen molar-refractivity contribution in [1.82, 2.24) is 0 Å². The third-order valence-electron chi connectivity index (χ3n) is 3.56. The van der Waals surface area contributed by atoms with Gasteiger partial charge in [-0.15, -0.1) is 11.3 Å². The molecule has 0 amide bonds. The van der Waals surface area contributed by atoms with Crippen molar-refractivity contribution in [2.45, 2.75) is 50.5 Å². The minimum absolute atomic E-state index is 0.0497. The van der Waals surface area contributed by atoms with Crippen LogP contribution in [0.3, 0.4) is 0 Å². The maximum absolute atomic E-state index is 6.40. The van der Waals surface area contributed by atoms with Gasteiger partial charge in [0.15, 0.2) is 0 Å². The Labute approximate surface area is 108 Å². The Hall–Kier alpha value is -0.380. The lowest BCUT2D eigenvalue weighted by Gasteiger charge is -2.27. The Balaban J connectivity index is 1.66. The lowest BCUT2D eigenvalue weighted by molar-refractivity contribution is 0.0803. The summed E-state index contributed by atoms with van der Waals surface area (Å²) in [5.41, 5.74) is 6.35. The van der Waals surface area contributed by atoms with Crippen molar-refractivity contribution in [3.8, 4) is 0 Å². The molecule has 1 heterocycles. The second-order valence-electron chi connectivity index (χ2n) is 5.16. The maximum Gasteiger partial charge on any atom is 0.0646 e. The van der Waals surface area contributed by atoms with Gasteiger partial charge in [0.1, 0.15) is 0 Å². The van der Waals surface area contributed by atoms with Gasteiger partial charge in [0.05, 0.1) is 13.2 Å². The average molecular weight is 253 g/mol. The highest BCUT2D eigenvalue weighted by molar-refractivity contribution is 7.09. The largest absolute Gasteiger partial charge is 0.379 e. The first-order valence-corrected chi connectivity index (χ1v) is 7.56.